The Morgan fingerprint density at radius 3 is 2.64 bits per heavy atom. The molecule has 28 heavy (non-hydrogen) atoms. The first-order chi connectivity index (χ1) is 13.6. The Kier molecular flexibility index (Phi) is 4.68. The molecule has 4 aromatic rings. The molecule has 0 fully saturated rings. The molecule has 1 amide bonds. The number of carbonyl (C=O) groups excluding carboxylic acids is 1. The number of hydrogen-bond donors (Lipinski definition) is 2. The van der Waals surface area contributed by atoms with E-state index in [4.69, 9.17) is 0 Å². The van der Waals surface area contributed by atoms with E-state index in [0.29, 0.717) is 11.3 Å². The van der Waals surface area contributed by atoms with Gasteiger partial charge in [-0.2, -0.15) is 5.10 Å². The maximum atomic E-state index is 12.8. The van der Waals surface area contributed by atoms with Crippen molar-refractivity contribution >= 4 is 23.0 Å². The van der Waals surface area contributed by atoms with Gasteiger partial charge < -0.3 is 4.98 Å². The van der Waals surface area contributed by atoms with Crippen LogP contribution in [-0.2, 0) is 0 Å². The van der Waals surface area contributed by atoms with Crippen LogP contribution in [-0.4, -0.2) is 27.1 Å². The molecular weight excluding hydrogens is 350 g/mol. The standard InChI is InChI=1S/C22H19N5O/c1-14-11-17(15(2)25-14)13-24-27-22(28)19-12-21(16-7-9-23-10-8-16)26-20-6-4-3-5-18(19)20/h3-13,25H,1-2H3,(H,27,28)/b24-13+. The first kappa shape index (κ1) is 17.6. The quantitative estimate of drug-likeness (QED) is 0.421. The molecule has 1 aromatic carbocycles. The second kappa shape index (κ2) is 7.44. The number of hydrazone groups is 1. The second-order valence-electron chi connectivity index (χ2n) is 6.54. The third-order valence-corrected chi connectivity index (χ3v) is 4.50. The number of pyridine rings is 2. The Labute approximate surface area is 162 Å². The fourth-order valence-corrected chi connectivity index (χ4v) is 3.13. The lowest BCUT2D eigenvalue weighted by molar-refractivity contribution is 0.0956. The van der Waals surface area contributed by atoms with Crippen molar-refractivity contribution in [3.63, 3.8) is 0 Å². The van der Waals surface area contributed by atoms with Gasteiger partial charge in [0, 0.05) is 40.3 Å². The largest absolute Gasteiger partial charge is 0.362 e. The SMILES string of the molecule is Cc1cc(/C=N/NC(=O)c2cc(-c3ccncc3)nc3ccccc23)c(C)[nH]1. The summed E-state index contributed by atoms with van der Waals surface area (Å²) in [6.45, 7) is 3.94. The molecule has 6 heteroatoms. The van der Waals surface area contributed by atoms with Crippen molar-refractivity contribution in [1.29, 1.82) is 0 Å². The predicted octanol–water partition coefficient (Wildman–Crippen LogP) is 4.01. The Hall–Kier alpha value is -3.80. The number of benzene rings is 1. The maximum absolute atomic E-state index is 12.8. The van der Waals surface area contributed by atoms with Crippen LogP contribution < -0.4 is 5.43 Å². The molecule has 3 heterocycles. The Balaban J connectivity index is 1.68. The number of fused-ring (bicyclic) bond motifs is 1. The molecule has 0 radical (unpaired) electrons. The summed E-state index contributed by atoms with van der Waals surface area (Å²) in [5.41, 5.74) is 8.52. The Bertz CT molecular complexity index is 1180. The highest BCUT2D eigenvalue weighted by atomic mass is 16.2. The van der Waals surface area contributed by atoms with E-state index in [1.807, 2.05) is 56.3 Å². The van der Waals surface area contributed by atoms with Crippen molar-refractivity contribution < 1.29 is 4.79 Å². The Morgan fingerprint density at radius 2 is 1.89 bits per heavy atom. The van der Waals surface area contributed by atoms with Gasteiger partial charge in [0.05, 0.1) is 23.0 Å². The molecule has 0 saturated heterocycles. The third kappa shape index (κ3) is 3.53. The molecule has 0 atom stereocenters. The number of nitrogens with zero attached hydrogens (tertiary/aromatic N) is 3. The van der Waals surface area contributed by atoms with E-state index in [9.17, 15) is 4.79 Å². The van der Waals surface area contributed by atoms with E-state index in [1.165, 1.54) is 0 Å². The van der Waals surface area contributed by atoms with E-state index >= 15 is 0 Å². The van der Waals surface area contributed by atoms with Crippen LogP contribution in [0.3, 0.4) is 0 Å². The van der Waals surface area contributed by atoms with Gasteiger partial charge in [-0.3, -0.25) is 9.78 Å². The summed E-state index contributed by atoms with van der Waals surface area (Å²) in [6, 6.07) is 15.1. The third-order valence-electron chi connectivity index (χ3n) is 4.50. The van der Waals surface area contributed by atoms with Gasteiger partial charge in [-0.25, -0.2) is 10.4 Å². The van der Waals surface area contributed by atoms with Gasteiger partial charge in [0.2, 0.25) is 0 Å². The van der Waals surface area contributed by atoms with Gasteiger partial charge in [-0.05, 0) is 44.2 Å². The first-order valence-electron chi connectivity index (χ1n) is 8.91. The van der Waals surface area contributed by atoms with E-state index in [-0.39, 0.29) is 5.91 Å². The van der Waals surface area contributed by atoms with E-state index in [0.717, 1.165) is 33.4 Å². The number of para-hydroxylation sites is 1. The highest BCUT2D eigenvalue weighted by Crippen LogP contribution is 2.24. The van der Waals surface area contributed by atoms with Gasteiger partial charge >= 0.3 is 0 Å². The molecule has 0 unspecified atom stereocenters. The zero-order valence-corrected chi connectivity index (χ0v) is 15.6. The number of amides is 1. The highest BCUT2D eigenvalue weighted by Gasteiger charge is 2.13. The minimum absolute atomic E-state index is 0.282. The van der Waals surface area contributed by atoms with Crippen LogP contribution in [0, 0.1) is 13.8 Å². The fraction of sp³-hybridized carbons (Fsp3) is 0.0909. The van der Waals surface area contributed by atoms with Crippen LogP contribution in [0.2, 0.25) is 0 Å². The summed E-state index contributed by atoms with van der Waals surface area (Å²) >= 11 is 0. The van der Waals surface area contributed by atoms with Gasteiger partial charge in [-0.1, -0.05) is 18.2 Å². The minimum atomic E-state index is -0.282. The van der Waals surface area contributed by atoms with Crippen molar-refractivity contribution in [2.24, 2.45) is 5.10 Å². The summed E-state index contributed by atoms with van der Waals surface area (Å²) in [6.07, 6.45) is 5.05. The number of aromatic nitrogens is 3. The molecule has 0 aliphatic heterocycles. The van der Waals surface area contributed by atoms with Crippen molar-refractivity contribution in [3.8, 4) is 11.3 Å². The van der Waals surface area contributed by atoms with Crippen LogP contribution in [0.25, 0.3) is 22.2 Å². The van der Waals surface area contributed by atoms with Crippen LogP contribution in [0.4, 0.5) is 0 Å². The number of hydrogen-bond acceptors (Lipinski definition) is 4. The zero-order chi connectivity index (χ0) is 19.5. The van der Waals surface area contributed by atoms with Crippen molar-refractivity contribution in [2.75, 3.05) is 0 Å². The van der Waals surface area contributed by atoms with E-state index in [1.54, 1.807) is 24.7 Å². The van der Waals surface area contributed by atoms with E-state index in [2.05, 4.69) is 25.5 Å². The predicted molar refractivity (Wildman–Crippen MR) is 110 cm³/mol. The number of aromatic amines is 1. The summed E-state index contributed by atoms with van der Waals surface area (Å²) in [5.74, 6) is -0.282. The Morgan fingerprint density at radius 1 is 1.11 bits per heavy atom. The molecule has 2 N–H and O–H groups in total. The molecular formula is C22H19N5O. The summed E-state index contributed by atoms with van der Waals surface area (Å²) in [7, 11) is 0. The average molecular weight is 369 g/mol. The molecule has 0 spiro atoms. The minimum Gasteiger partial charge on any atom is -0.362 e. The molecule has 0 aliphatic rings. The molecule has 3 aromatic heterocycles. The van der Waals surface area contributed by atoms with Crippen LogP contribution in [0.15, 0.2) is 66.0 Å². The van der Waals surface area contributed by atoms with Gasteiger partial charge in [-0.15, -0.1) is 0 Å². The highest BCUT2D eigenvalue weighted by molar-refractivity contribution is 6.07. The summed E-state index contributed by atoms with van der Waals surface area (Å²) < 4.78 is 0. The van der Waals surface area contributed by atoms with Crippen LogP contribution in [0.1, 0.15) is 27.3 Å². The normalized spacial score (nSPS) is 11.2. The maximum Gasteiger partial charge on any atom is 0.272 e. The second-order valence-corrected chi connectivity index (χ2v) is 6.54. The summed E-state index contributed by atoms with van der Waals surface area (Å²) in [5, 5.41) is 4.91. The first-order valence-corrected chi connectivity index (χ1v) is 8.91. The van der Waals surface area contributed by atoms with Gasteiger partial charge in [0.1, 0.15) is 0 Å². The molecule has 0 aliphatic carbocycles. The molecule has 0 bridgehead atoms. The summed E-state index contributed by atoms with van der Waals surface area (Å²) in [4.78, 5) is 24.8. The van der Waals surface area contributed by atoms with Crippen molar-refractivity contribution in [3.05, 3.63) is 83.4 Å². The van der Waals surface area contributed by atoms with Gasteiger partial charge in [0.15, 0.2) is 0 Å². The van der Waals surface area contributed by atoms with Crippen molar-refractivity contribution in [1.82, 2.24) is 20.4 Å². The molecule has 138 valence electrons. The number of nitrogens with one attached hydrogen (secondary N) is 2. The number of rotatable bonds is 4. The van der Waals surface area contributed by atoms with Gasteiger partial charge in [0.25, 0.3) is 5.91 Å². The lowest BCUT2D eigenvalue weighted by Gasteiger charge is -2.08. The van der Waals surface area contributed by atoms with E-state index < -0.39 is 0 Å². The van der Waals surface area contributed by atoms with Crippen molar-refractivity contribution in [2.45, 2.75) is 13.8 Å². The monoisotopic (exact) mass is 369 g/mol. The number of carbonyl (C=O) groups is 1. The fourth-order valence-electron chi connectivity index (χ4n) is 3.13. The van der Waals surface area contributed by atoms with Crippen LogP contribution >= 0.6 is 0 Å². The average Bonchev–Trinajstić information content (AvgIpc) is 3.04. The zero-order valence-electron chi connectivity index (χ0n) is 15.6. The lowest BCUT2D eigenvalue weighted by Crippen LogP contribution is -2.18. The number of H-pyrrole nitrogens is 1. The molecule has 6 nitrogen and oxygen atoms in total. The number of aryl methyl sites for hydroxylation is 2. The lowest BCUT2D eigenvalue weighted by atomic mass is 10.0. The molecule has 0 saturated carbocycles. The molecule has 4 rings (SSSR count). The smallest absolute Gasteiger partial charge is 0.272 e. The topological polar surface area (TPSA) is 83.0 Å². The van der Waals surface area contributed by atoms with Crippen LogP contribution in [0.5, 0.6) is 0 Å².